The Morgan fingerprint density at radius 3 is 2.84 bits per heavy atom. The molecule has 0 aliphatic carbocycles. The molecule has 2 rings (SSSR count). The van der Waals surface area contributed by atoms with Gasteiger partial charge in [-0.3, -0.25) is 5.32 Å². The topological polar surface area (TPSA) is 30.5 Å². The van der Waals surface area contributed by atoms with Gasteiger partial charge < -0.3 is 9.47 Å². The van der Waals surface area contributed by atoms with E-state index < -0.39 is 0 Å². The van der Waals surface area contributed by atoms with Gasteiger partial charge in [0.2, 0.25) is 0 Å². The average molecular weight is 259 g/mol. The molecule has 1 heterocycles. The molecule has 102 valence electrons. The lowest BCUT2D eigenvalue weighted by molar-refractivity contribution is 0.0934. The summed E-state index contributed by atoms with van der Waals surface area (Å²) in [6.45, 7) is 4.25. The van der Waals surface area contributed by atoms with Crippen molar-refractivity contribution in [3.63, 3.8) is 0 Å². The molecule has 0 unspecified atom stereocenters. The van der Waals surface area contributed by atoms with Crippen LogP contribution in [0.15, 0.2) is 24.3 Å². The molecule has 0 radical (unpaired) electrons. The fraction of sp³-hybridized carbons (Fsp3) is 0.500. The molecule has 0 bridgehead atoms. The standard InChI is InChI=1S/C16H21NO2/c1-3-15(16-6-5-11-19-16)17-12-13-7-9-14(10-8-13)18-4-2/h1,7-10,15-17H,4-6,11-12H2,2H3/t15-,16+/m0/s1. The van der Waals surface area contributed by atoms with E-state index in [-0.39, 0.29) is 12.1 Å². The van der Waals surface area contributed by atoms with Crippen LogP contribution in [-0.4, -0.2) is 25.4 Å². The van der Waals surface area contributed by atoms with E-state index in [0.717, 1.165) is 31.7 Å². The third-order valence-electron chi connectivity index (χ3n) is 3.28. The minimum Gasteiger partial charge on any atom is -0.494 e. The predicted octanol–water partition coefficient (Wildman–Crippen LogP) is 2.36. The summed E-state index contributed by atoms with van der Waals surface area (Å²) in [5, 5.41) is 3.38. The second kappa shape index (κ2) is 7.18. The Bertz CT molecular complexity index is 415. The van der Waals surface area contributed by atoms with Crippen molar-refractivity contribution in [2.75, 3.05) is 13.2 Å². The van der Waals surface area contributed by atoms with E-state index in [1.165, 1.54) is 5.56 Å². The van der Waals surface area contributed by atoms with E-state index >= 15 is 0 Å². The molecule has 0 aromatic heterocycles. The van der Waals surface area contributed by atoms with Crippen LogP contribution in [0.4, 0.5) is 0 Å². The number of terminal acetylenes is 1. The molecular formula is C16H21NO2. The number of nitrogens with one attached hydrogen (secondary N) is 1. The van der Waals surface area contributed by atoms with Crippen LogP contribution in [0.25, 0.3) is 0 Å². The van der Waals surface area contributed by atoms with Crippen LogP contribution in [0.5, 0.6) is 5.75 Å². The third kappa shape index (κ3) is 3.99. The number of ether oxygens (including phenoxy) is 2. The van der Waals surface area contributed by atoms with Crippen molar-refractivity contribution in [2.24, 2.45) is 0 Å². The van der Waals surface area contributed by atoms with E-state index in [0.29, 0.717) is 6.61 Å². The van der Waals surface area contributed by atoms with Gasteiger partial charge in [0.05, 0.1) is 18.8 Å². The van der Waals surface area contributed by atoms with Gasteiger partial charge in [0.1, 0.15) is 5.75 Å². The summed E-state index contributed by atoms with van der Waals surface area (Å²) in [6, 6.07) is 8.07. The number of rotatable bonds is 6. The largest absolute Gasteiger partial charge is 0.494 e. The van der Waals surface area contributed by atoms with Gasteiger partial charge in [0.15, 0.2) is 0 Å². The molecule has 1 aromatic carbocycles. The van der Waals surface area contributed by atoms with Crippen LogP contribution >= 0.6 is 0 Å². The Hall–Kier alpha value is -1.50. The molecular weight excluding hydrogens is 238 g/mol. The Morgan fingerprint density at radius 1 is 1.47 bits per heavy atom. The first-order valence-electron chi connectivity index (χ1n) is 6.86. The van der Waals surface area contributed by atoms with E-state index in [1.54, 1.807) is 0 Å². The van der Waals surface area contributed by atoms with Crippen LogP contribution in [0.3, 0.4) is 0 Å². The first-order chi connectivity index (χ1) is 9.33. The smallest absolute Gasteiger partial charge is 0.119 e. The van der Waals surface area contributed by atoms with Gasteiger partial charge in [-0.05, 0) is 37.5 Å². The predicted molar refractivity (Wildman–Crippen MR) is 76.0 cm³/mol. The summed E-state index contributed by atoms with van der Waals surface area (Å²) < 4.78 is 11.0. The Labute approximate surface area is 115 Å². The molecule has 19 heavy (non-hydrogen) atoms. The Morgan fingerprint density at radius 2 is 2.26 bits per heavy atom. The van der Waals surface area contributed by atoms with Gasteiger partial charge in [0, 0.05) is 13.2 Å². The molecule has 1 aliphatic heterocycles. The second-order valence-corrected chi connectivity index (χ2v) is 4.65. The highest BCUT2D eigenvalue weighted by Gasteiger charge is 2.23. The number of hydrogen-bond donors (Lipinski definition) is 1. The van der Waals surface area contributed by atoms with Crippen molar-refractivity contribution in [1.82, 2.24) is 5.32 Å². The molecule has 1 fully saturated rings. The minimum absolute atomic E-state index is 0.00549. The second-order valence-electron chi connectivity index (χ2n) is 4.65. The highest BCUT2D eigenvalue weighted by molar-refractivity contribution is 5.27. The first kappa shape index (κ1) is 13.9. The van der Waals surface area contributed by atoms with Crippen molar-refractivity contribution in [3.8, 4) is 18.1 Å². The fourth-order valence-corrected chi connectivity index (χ4v) is 2.26. The number of benzene rings is 1. The van der Waals surface area contributed by atoms with E-state index in [2.05, 4.69) is 23.4 Å². The van der Waals surface area contributed by atoms with Crippen molar-refractivity contribution in [1.29, 1.82) is 0 Å². The van der Waals surface area contributed by atoms with E-state index in [9.17, 15) is 0 Å². The molecule has 0 amide bonds. The van der Waals surface area contributed by atoms with Crippen molar-refractivity contribution in [2.45, 2.75) is 38.5 Å². The molecule has 3 heteroatoms. The maximum absolute atomic E-state index is 5.62. The van der Waals surface area contributed by atoms with Crippen molar-refractivity contribution >= 4 is 0 Å². The maximum atomic E-state index is 5.62. The average Bonchev–Trinajstić information content (AvgIpc) is 2.96. The van der Waals surface area contributed by atoms with Gasteiger partial charge in [0.25, 0.3) is 0 Å². The van der Waals surface area contributed by atoms with Crippen LogP contribution in [-0.2, 0) is 11.3 Å². The third-order valence-corrected chi connectivity index (χ3v) is 3.28. The van der Waals surface area contributed by atoms with Crippen LogP contribution in [0.2, 0.25) is 0 Å². The molecule has 0 spiro atoms. The zero-order valence-corrected chi connectivity index (χ0v) is 11.4. The van der Waals surface area contributed by atoms with Gasteiger partial charge in [-0.15, -0.1) is 6.42 Å². The summed E-state index contributed by atoms with van der Waals surface area (Å²) >= 11 is 0. The van der Waals surface area contributed by atoms with Crippen LogP contribution < -0.4 is 10.1 Å². The lowest BCUT2D eigenvalue weighted by atomic mass is 10.1. The normalized spacial score (nSPS) is 19.9. The zero-order valence-electron chi connectivity index (χ0n) is 11.4. The van der Waals surface area contributed by atoms with Crippen LogP contribution in [0.1, 0.15) is 25.3 Å². The maximum Gasteiger partial charge on any atom is 0.119 e. The zero-order chi connectivity index (χ0) is 13.5. The molecule has 1 N–H and O–H groups in total. The Kier molecular flexibility index (Phi) is 5.26. The lowest BCUT2D eigenvalue weighted by Gasteiger charge is -2.19. The van der Waals surface area contributed by atoms with Gasteiger partial charge >= 0.3 is 0 Å². The summed E-state index contributed by atoms with van der Waals surface area (Å²) in [6.07, 6.45) is 7.88. The van der Waals surface area contributed by atoms with Gasteiger partial charge in [-0.2, -0.15) is 0 Å². The number of hydrogen-bond acceptors (Lipinski definition) is 3. The van der Waals surface area contributed by atoms with E-state index in [4.69, 9.17) is 15.9 Å². The molecule has 1 aliphatic rings. The quantitative estimate of drug-likeness (QED) is 0.796. The summed E-state index contributed by atoms with van der Waals surface area (Å²) in [5.74, 6) is 3.69. The summed E-state index contributed by atoms with van der Waals surface area (Å²) in [7, 11) is 0. The fourth-order valence-electron chi connectivity index (χ4n) is 2.26. The molecule has 0 saturated carbocycles. The van der Waals surface area contributed by atoms with Gasteiger partial charge in [-0.25, -0.2) is 0 Å². The molecule has 1 saturated heterocycles. The molecule has 2 atom stereocenters. The Balaban J connectivity index is 1.85. The van der Waals surface area contributed by atoms with Crippen LogP contribution in [0, 0.1) is 12.3 Å². The molecule has 3 nitrogen and oxygen atoms in total. The summed E-state index contributed by atoms with van der Waals surface area (Å²) in [5.41, 5.74) is 1.20. The van der Waals surface area contributed by atoms with Gasteiger partial charge in [-0.1, -0.05) is 18.1 Å². The van der Waals surface area contributed by atoms with Crippen molar-refractivity contribution < 1.29 is 9.47 Å². The van der Waals surface area contributed by atoms with E-state index in [1.807, 2.05) is 19.1 Å². The minimum atomic E-state index is -0.00549. The highest BCUT2D eigenvalue weighted by Crippen LogP contribution is 2.16. The SMILES string of the molecule is C#C[C@H](NCc1ccc(OCC)cc1)[C@H]1CCCO1. The summed E-state index contributed by atoms with van der Waals surface area (Å²) in [4.78, 5) is 0. The first-order valence-corrected chi connectivity index (χ1v) is 6.86. The van der Waals surface area contributed by atoms with Crippen molar-refractivity contribution in [3.05, 3.63) is 29.8 Å². The lowest BCUT2D eigenvalue weighted by Crippen LogP contribution is -2.37. The monoisotopic (exact) mass is 259 g/mol. The highest BCUT2D eigenvalue weighted by atomic mass is 16.5. The molecule has 1 aromatic rings.